The molecule has 1 aliphatic rings. The fourth-order valence-electron chi connectivity index (χ4n) is 4.20. The number of fused-ring (bicyclic) bond motifs is 1. The number of anilines is 3. The van der Waals surface area contributed by atoms with Gasteiger partial charge in [-0.3, -0.25) is 13.9 Å². The van der Waals surface area contributed by atoms with Crippen molar-refractivity contribution in [2.45, 2.75) is 37.6 Å². The number of hydrogen-bond acceptors (Lipinski definition) is 5. The predicted molar refractivity (Wildman–Crippen MR) is 142 cm³/mol. The van der Waals surface area contributed by atoms with Crippen LogP contribution in [-0.4, -0.2) is 32.8 Å². The van der Waals surface area contributed by atoms with Gasteiger partial charge in [-0.05, 0) is 61.2 Å². The van der Waals surface area contributed by atoms with Crippen molar-refractivity contribution in [2.24, 2.45) is 0 Å². The van der Waals surface area contributed by atoms with Crippen molar-refractivity contribution in [1.82, 2.24) is 5.32 Å². The molecule has 4 rings (SSSR count). The Morgan fingerprint density at radius 3 is 2.42 bits per heavy atom. The highest BCUT2D eigenvalue weighted by atomic mass is 35.5. The van der Waals surface area contributed by atoms with Gasteiger partial charge >= 0.3 is 0 Å². The number of nitrogens with two attached hydrogens (primary N) is 1. The molecule has 4 N–H and O–H groups in total. The number of sulfonamides is 1. The molecule has 1 unspecified atom stereocenters. The first-order chi connectivity index (χ1) is 17.9. The summed E-state index contributed by atoms with van der Waals surface area (Å²) in [6, 6.07) is 9.69. The third kappa shape index (κ3) is 5.44. The summed E-state index contributed by atoms with van der Waals surface area (Å²) >= 11 is 6.14. The quantitative estimate of drug-likeness (QED) is 0.375. The Kier molecular flexibility index (Phi) is 7.61. The van der Waals surface area contributed by atoms with Gasteiger partial charge < -0.3 is 16.4 Å². The smallest absolute Gasteiger partial charge is 0.265 e. The minimum absolute atomic E-state index is 0.182. The van der Waals surface area contributed by atoms with E-state index < -0.39 is 45.9 Å². The largest absolute Gasteiger partial charge is 0.399 e. The molecule has 0 aliphatic carbocycles. The fraction of sp³-hybridized carbons (Fsp3) is 0.231. The maximum atomic E-state index is 14.3. The average molecular weight is 563 g/mol. The summed E-state index contributed by atoms with van der Waals surface area (Å²) < 4.78 is 56.8. The van der Waals surface area contributed by atoms with E-state index in [1.807, 2.05) is 12.1 Å². The minimum Gasteiger partial charge on any atom is -0.399 e. The van der Waals surface area contributed by atoms with Crippen molar-refractivity contribution in [1.29, 1.82) is 0 Å². The van der Waals surface area contributed by atoms with Crippen molar-refractivity contribution in [3.05, 3.63) is 81.9 Å². The third-order valence-corrected chi connectivity index (χ3v) is 8.58. The molecule has 0 fully saturated rings. The minimum atomic E-state index is -4.54. The number of benzene rings is 3. The average Bonchev–Trinajstić information content (AvgIpc) is 2.84. The van der Waals surface area contributed by atoms with Crippen LogP contribution in [0.2, 0.25) is 5.02 Å². The Morgan fingerprint density at radius 2 is 1.74 bits per heavy atom. The van der Waals surface area contributed by atoms with Crippen molar-refractivity contribution in [2.75, 3.05) is 21.9 Å². The normalized spacial score (nSPS) is 15.1. The van der Waals surface area contributed by atoms with Crippen LogP contribution in [0.25, 0.3) is 0 Å². The Balaban J connectivity index is 1.68. The summed E-state index contributed by atoms with van der Waals surface area (Å²) in [5, 5.41) is 5.41. The highest BCUT2D eigenvalue weighted by Gasteiger charge is 2.43. The number of rotatable bonds is 7. The summed E-state index contributed by atoms with van der Waals surface area (Å²) in [4.78, 5) is 25.7. The van der Waals surface area contributed by atoms with Crippen molar-refractivity contribution in [3.63, 3.8) is 0 Å². The number of aryl methyl sites for hydroxylation is 2. The summed E-state index contributed by atoms with van der Waals surface area (Å²) in [7, 11) is -4.54. The van der Waals surface area contributed by atoms with E-state index in [2.05, 4.69) is 10.6 Å². The number of nitrogens with one attached hydrogen (secondary N) is 2. The van der Waals surface area contributed by atoms with Crippen LogP contribution in [0.4, 0.5) is 25.8 Å². The summed E-state index contributed by atoms with van der Waals surface area (Å²) in [6.45, 7) is 3.35. The highest BCUT2D eigenvalue weighted by molar-refractivity contribution is 7.93. The van der Waals surface area contributed by atoms with Crippen LogP contribution < -0.4 is 20.7 Å². The van der Waals surface area contributed by atoms with Gasteiger partial charge in [-0.15, -0.1) is 0 Å². The summed E-state index contributed by atoms with van der Waals surface area (Å²) in [6.07, 6.45) is -0.0850. The molecule has 0 radical (unpaired) electrons. The Morgan fingerprint density at radius 1 is 1.08 bits per heavy atom. The first-order valence-electron chi connectivity index (χ1n) is 11.6. The third-order valence-electron chi connectivity index (χ3n) is 6.21. The fourth-order valence-corrected chi connectivity index (χ4v) is 6.34. The van der Waals surface area contributed by atoms with Crippen molar-refractivity contribution < 1.29 is 26.8 Å². The molecule has 1 atom stereocenters. The molecule has 3 aromatic rings. The van der Waals surface area contributed by atoms with Crippen LogP contribution in [0.1, 0.15) is 23.1 Å². The maximum Gasteiger partial charge on any atom is 0.265 e. The van der Waals surface area contributed by atoms with Crippen LogP contribution in [-0.2, 0) is 26.0 Å². The molecule has 0 saturated carbocycles. The van der Waals surface area contributed by atoms with Gasteiger partial charge in [0.1, 0.15) is 6.04 Å². The molecule has 1 aliphatic heterocycles. The number of nitrogens with zero attached hydrogens (tertiary/aromatic N) is 1. The molecule has 0 aromatic heterocycles. The van der Waals surface area contributed by atoms with E-state index in [9.17, 15) is 26.8 Å². The number of carbonyl (C=O) groups is 2. The lowest BCUT2D eigenvalue weighted by Crippen LogP contribution is -2.53. The summed E-state index contributed by atoms with van der Waals surface area (Å²) in [5.74, 6) is -4.03. The standard InChI is InChI=1S/C26H25ClF2N4O4S/c1-14-10-24(15(2)9-18(14)27)38(36,37)33-22-12-20(29)19(28)11-21(22)32-26(35)23(33)13-25(34)31-8-7-16-3-5-17(30)6-4-16/h3-6,9-12,23H,7-8,13,30H2,1-2H3,(H,31,34)(H,32,35). The zero-order chi connectivity index (χ0) is 27.8. The number of hydrogen-bond donors (Lipinski definition) is 3. The lowest BCUT2D eigenvalue weighted by Gasteiger charge is -2.37. The Labute approximate surface area is 223 Å². The molecular formula is C26H25ClF2N4O4S. The zero-order valence-electron chi connectivity index (χ0n) is 20.5. The highest BCUT2D eigenvalue weighted by Crippen LogP contribution is 2.39. The topological polar surface area (TPSA) is 122 Å². The van der Waals surface area contributed by atoms with E-state index in [1.54, 1.807) is 19.1 Å². The molecule has 0 bridgehead atoms. The number of carbonyl (C=O) groups excluding carboxylic acids is 2. The number of amides is 2. The predicted octanol–water partition coefficient (Wildman–Crippen LogP) is 4.08. The lowest BCUT2D eigenvalue weighted by molar-refractivity contribution is -0.125. The molecule has 0 saturated heterocycles. The van der Waals surface area contributed by atoms with Crippen molar-refractivity contribution in [3.8, 4) is 0 Å². The van der Waals surface area contributed by atoms with Crippen molar-refractivity contribution >= 4 is 50.5 Å². The van der Waals surface area contributed by atoms with Crippen LogP contribution in [0.5, 0.6) is 0 Å². The second-order valence-corrected chi connectivity index (χ2v) is 11.2. The second-order valence-electron chi connectivity index (χ2n) is 9.00. The molecule has 200 valence electrons. The molecule has 1 heterocycles. The van der Waals surface area contributed by atoms with E-state index in [-0.39, 0.29) is 28.4 Å². The molecule has 12 heteroatoms. The zero-order valence-corrected chi connectivity index (χ0v) is 22.1. The van der Waals surface area contributed by atoms with Crippen LogP contribution in [0.3, 0.4) is 0 Å². The van der Waals surface area contributed by atoms with E-state index >= 15 is 0 Å². The lowest BCUT2D eigenvalue weighted by atomic mass is 10.1. The molecule has 2 amide bonds. The molecular weight excluding hydrogens is 538 g/mol. The number of nitrogen functional groups attached to an aromatic ring is 1. The van der Waals surface area contributed by atoms with Gasteiger partial charge in [0.2, 0.25) is 11.8 Å². The Bertz CT molecular complexity index is 1530. The van der Waals surface area contributed by atoms with Crippen LogP contribution >= 0.6 is 11.6 Å². The van der Waals surface area contributed by atoms with Gasteiger partial charge in [0.25, 0.3) is 10.0 Å². The molecule has 8 nitrogen and oxygen atoms in total. The van der Waals surface area contributed by atoms with Gasteiger partial charge in [-0.2, -0.15) is 0 Å². The summed E-state index contributed by atoms with van der Waals surface area (Å²) in [5.41, 5.74) is 7.40. The van der Waals surface area contributed by atoms with Crippen LogP contribution in [0, 0.1) is 25.5 Å². The molecule has 38 heavy (non-hydrogen) atoms. The second kappa shape index (κ2) is 10.6. The molecule has 0 spiro atoms. The van der Waals surface area contributed by atoms with E-state index in [0.29, 0.717) is 39.1 Å². The van der Waals surface area contributed by atoms with Gasteiger partial charge in [0.15, 0.2) is 11.6 Å². The van der Waals surface area contributed by atoms with Gasteiger partial charge in [0, 0.05) is 29.4 Å². The van der Waals surface area contributed by atoms with Gasteiger partial charge in [-0.25, -0.2) is 17.2 Å². The van der Waals surface area contributed by atoms with E-state index in [4.69, 9.17) is 17.3 Å². The first kappa shape index (κ1) is 27.3. The van der Waals surface area contributed by atoms with Gasteiger partial charge in [0.05, 0.1) is 22.7 Å². The number of halogens is 3. The Hall–Kier alpha value is -3.70. The van der Waals surface area contributed by atoms with Gasteiger partial charge in [-0.1, -0.05) is 23.7 Å². The molecule has 3 aromatic carbocycles. The SMILES string of the molecule is Cc1cc(S(=O)(=O)N2c3cc(F)c(F)cc3NC(=O)C2CC(=O)NCCc2ccc(N)cc2)c(C)cc1Cl. The van der Waals surface area contributed by atoms with E-state index in [1.165, 1.54) is 19.1 Å². The monoisotopic (exact) mass is 562 g/mol. The first-order valence-corrected chi connectivity index (χ1v) is 13.4. The van der Waals surface area contributed by atoms with E-state index in [0.717, 1.165) is 5.56 Å². The van der Waals surface area contributed by atoms with Crippen LogP contribution in [0.15, 0.2) is 53.4 Å². The maximum absolute atomic E-state index is 14.3.